The van der Waals surface area contributed by atoms with Crippen molar-refractivity contribution in [3.63, 3.8) is 0 Å². The zero-order valence-electron chi connectivity index (χ0n) is 17.9. The van der Waals surface area contributed by atoms with Gasteiger partial charge in [-0.2, -0.15) is 4.98 Å². The van der Waals surface area contributed by atoms with Gasteiger partial charge < -0.3 is 20.3 Å². The van der Waals surface area contributed by atoms with Gasteiger partial charge in [0, 0.05) is 25.1 Å². The van der Waals surface area contributed by atoms with E-state index < -0.39 is 0 Å². The Morgan fingerprint density at radius 2 is 2.03 bits per heavy atom. The molecule has 1 atom stereocenters. The number of benzene rings is 1. The number of hydrogen-bond donors (Lipinski definition) is 3. The van der Waals surface area contributed by atoms with Crippen molar-refractivity contribution in [1.29, 1.82) is 0 Å². The van der Waals surface area contributed by atoms with Crippen molar-refractivity contribution in [3.8, 4) is 11.3 Å². The highest BCUT2D eigenvalue weighted by Crippen LogP contribution is 2.30. The number of nitrogens with one attached hydrogen (secondary N) is 3. The van der Waals surface area contributed by atoms with E-state index in [4.69, 9.17) is 14.7 Å². The largest absolute Gasteiger partial charge is 0.375 e. The number of H-pyrrole nitrogens is 1. The summed E-state index contributed by atoms with van der Waals surface area (Å²) in [6, 6.07) is 12.0. The predicted molar refractivity (Wildman–Crippen MR) is 123 cm³/mol. The highest BCUT2D eigenvalue weighted by atomic mass is 16.5. The van der Waals surface area contributed by atoms with E-state index >= 15 is 0 Å². The fraction of sp³-hybridized carbons (Fsp3) is 0.435. The molecule has 2 aliphatic heterocycles. The van der Waals surface area contributed by atoms with Gasteiger partial charge in [0.05, 0.1) is 24.3 Å². The number of anilines is 2. The normalized spacial score (nSPS) is 20.5. The second-order valence-electron chi connectivity index (χ2n) is 8.70. The van der Waals surface area contributed by atoms with Gasteiger partial charge in [0.2, 0.25) is 5.95 Å². The van der Waals surface area contributed by atoms with Crippen molar-refractivity contribution in [3.05, 3.63) is 46.8 Å². The smallest absolute Gasteiger partial charge is 0.263 e. The molecule has 0 saturated carbocycles. The van der Waals surface area contributed by atoms with Crippen LogP contribution in [0.25, 0.3) is 22.2 Å². The van der Waals surface area contributed by atoms with Gasteiger partial charge in [-0.3, -0.25) is 9.78 Å². The number of fused-ring (bicyclic) bond motifs is 1. The molecule has 2 aromatic heterocycles. The lowest BCUT2D eigenvalue weighted by Gasteiger charge is -2.47. The Morgan fingerprint density at radius 1 is 1.19 bits per heavy atom. The van der Waals surface area contributed by atoms with E-state index in [2.05, 4.69) is 22.5 Å². The number of para-hydroxylation sites is 1. The number of hydrogen-bond acceptors (Lipinski definition) is 7. The maximum absolute atomic E-state index is 13.3. The van der Waals surface area contributed by atoms with Gasteiger partial charge in [-0.05, 0) is 38.4 Å². The molecule has 0 unspecified atom stereocenters. The Bertz CT molecular complexity index is 1150. The van der Waals surface area contributed by atoms with E-state index in [1.54, 1.807) is 7.11 Å². The van der Waals surface area contributed by atoms with Crippen molar-refractivity contribution in [1.82, 2.24) is 20.3 Å². The standard InChI is InChI=1S/C23H28N6O2/c1-23(31-2)13-29(14-23)22-27-20(25-16-7-5-11-24-12-16)19(21(30)28-22)18-10-9-15-6-3-4-8-17(15)26-18/h3-4,6,8-10,16,24H,5,7,11-14H2,1-2H3,(H2,25,27,28,30)/t16-/m1/s1. The molecule has 3 aromatic rings. The van der Waals surface area contributed by atoms with Crippen molar-refractivity contribution in [2.75, 3.05) is 43.5 Å². The minimum Gasteiger partial charge on any atom is -0.375 e. The Hall–Kier alpha value is -2.97. The Kier molecular flexibility index (Phi) is 5.11. The zero-order valence-corrected chi connectivity index (χ0v) is 17.9. The summed E-state index contributed by atoms with van der Waals surface area (Å²) in [7, 11) is 1.71. The fourth-order valence-corrected chi connectivity index (χ4v) is 4.37. The third-order valence-electron chi connectivity index (χ3n) is 6.24. The number of rotatable bonds is 5. The molecular formula is C23H28N6O2. The number of pyridine rings is 1. The van der Waals surface area contributed by atoms with Crippen LogP contribution >= 0.6 is 0 Å². The summed E-state index contributed by atoms with van der Waals surface area (Å²) < 4.78 is 5.55. The first-order chi connectivity index (χ1) is 15.0. The Labute approximate surface area is 181 Å². The predicted octanol–water partition coefficient (Wildman–Crippen LogP) is 2.37. The summed E-state index contributed by atoms with van der Waals surface area (Å²) in [5.41, 5.74) is 1.56. The van der Waals surface area contributed by atoms with Crippen molar-refractivity contribution in [2.45, 2.75) is 31.4 Å². The summed E-state index contributed by atoms with van der Waals surface area (Å²) in [6.07, 6.45) is 2.13. The van der Waals surface area contributed by atoms with Gasteiger partial charge in [-0.25, -0.2) is 4.98 Å². The molecule has 2 fully saturated rings. The van der Waals surface area contributed by atoms with Crippen LogP contribution in [0.1, 0.15) is 19.8 Å². The number of nitrogens with zero attached hydrogens (tertiary/aromatic N) is 3. The molecule has 5 rings (SSSR count). The van der Waals surface area contributed by atoms with Crippen LogP contribution in [0.2, 0.25) is 0 Å². The van der Waals surface area contributed by atoms with Crippen LogP contribution < -0.4 is 21.1 Å². The molecule has 0 spiro atoms. The lowest BCUT2D eigenvalue weighted by Crippen LogP contribution is -2.61. The van der Waals surface area contributed by atoms with Crippen LogP contribution in [-0.4, -0.2) is 59.9 Å². The van der Waals surface area contributed by atoms with Gasteiger partial charge in [-0.15, -0.1) is 0 Å². The van der Waals surface area contributed by atoms with E-state index in [1.807, 2.05) is 41.3 Å². The van der Waals surface area contributed by atoms with Crippen LogP contribution in [0, 0.1) is 0 Å². The minimum atomic E-state index is -0.210. The molecule has 0 amide bonds. The summed E-state index contributed by atoms with van der Waals surface area (Å²) >= 11 is 0. The average Bonchev–Trinajstić information content (AvgIpc) is 2.77. The number of ether oxygens (including phenoxy) is 1. The molecule has 4 heterocycles. The topological polar surface area (TPSA) is 95.2 Å². The molecule has 8 heteroatoms. The van der Waals surface area contributed by atoms with Gasteiger partial charge in [0.15, 0.2) is 0 Å². The van der Waals surface area contributed by atoms with E-state index in [0.717, 1.165) is 36.8 Å². The number of aromatic nitrogens is 3. The number of methoxy groups -OCH3 is 1. The maximum atomic E-state index is 13.3. The molecule has 3 N–H and O–H groups in total. The number of piperidine rings is 1. The van der Waals surface area contributed by atoms with Gasteiger partial charge in [0.1, 0.15) is 17.0 Å². The summed E-state index contributed by atoms with van der Waals surface area (Å²) in [5, 5.41) is 7.98. The van der Waals surface area contributed by atoms with Crippen LogP contribution in [-0.2, 0) is 4.74 Å². The molecule has 2 aliphatic rings. The van der Waals surface area contributed by atoms with Crippen LogP contribution in [0.4, 0.5) is 11.8 Å². The molecule has 2 saturated heterocycles. The van der Waals surface area contributed by atoms with Gasteiger partial charge in [-0.1, -0.05) is 24.3 Å². The fourth-order valence-electron chi connectivity index (χ4n) is 4.37. The molecule has 0 aliphatic carbocycles. The van der Waals surface area contributed by atoms with E-state index in [9.17, 15) is 4.79 Å². The summed E-state index contributed by atoms with van der Waals surface area (Å²) in [6.45, 7) is 5.30. The quantitative estimate of drug-likeness (QED) is 0.583. The highest BCUT2D eigenvalue weighted by molar-refractivity contribution is 5.83. The summed E-state index contributed by atoms with van der Waals surface area (Å²) in [4.78, 5) is 27.9. The van der Waals surface area contributed by atoms with Gasteiger partial charge >= 0.3 is 0 Å². The minimum absolute atomic E-state index is 0.190. The third-order valence-corrected chi connectivity index (χ3v) is 6.24. The number of aromatic amines is 1. The SMILES string of the molecule is COC1(C)CN(c2nc(N[C@@H]3CCCNC3)c(-c3ccc4ccccc4n3)c(=O)[nH]2)C1. The average molecular weight is 421 g/mol. The maximum Gasteiger partial charge on any atom is 0.263 e. The first-order valence-electron chi connectivity index (χ1n) is 10.8. The van der Waals surface area contributed by atoms with E-state index in [0.29, 0.717) is 36.1 Å². The molecule has 1 aromatic carbocycles. The van der Waals surface area contributed by atoms with E-state index in [1.165, 1.54) is 0 Å². The summed E-state index contributed by atoms with van der Waals surface area (Å²) in [5.74, 6) is 1.15. The Morgan fingerprint density at radius 3 is 2.81 bits per heavy atom. The molecule has 0 bridgehead atoms. The molecular weight excluding hydrogens is 392 g/mol. The molecule has 8 nitrogen and oxygen atoms in total. The lowest BCUT2D eigenvalue weighted by molar-refractivity contribution is -0.0175. The van der Waals surface area contributed by atoms with Gasteiger partial charge in [0.25, 0.3) is 5.56 Å². The van der Waals surface area contributed by atoms with Crippen LogP contribution in [0.3, 0.4) is 0 Å². The van der Waals surface area contributed by atoms with Crippen molar-refractivity contribution < 1.29 is 4.74 Å². The monoisotopic (exact) mass is 420 g/mol. The second-order valence-corrected chi connectivity index (χ2v) is 8.70. The molecule has 31 heavy (non-hydrogen) atoms. The highest BCUT2D eigenvalue weighted by Gasteiger charge is 2.40. The van der Waals surface area contributed by atoms with Crippen LogP contribution in [0.5, 0.6) is 0 Å². The Balaban J connectivity index is 1.56. The molecule has 162 valence electrons. The first kappa shape index (κ1) is 20.0. The van der Waals surface area contributed by atoms with Crippen molar-refractivity contribution >= 4 is 22.7 Å². The van der Waals surface area contributed by atoms with E-state index in [-0.39, 0.29) is 17.2 Å². The van der Waals surface area contributed by atoms with Crippen molar-refractivity contribution in [2.24, 2.45) is 0 Å². The van der Waals surface area contributed by atoms with Crippen LogP contribution in [0.15, 0.2) is 41.2 Å². The first-order valence-corrected chi connectivity index (χ1v) is 10.8. The lowest BCUT2D eigenvalue weighted by atomic mass is 9.97. The zero-order chi connectivity index (χ0) is 21.4. The third kappa shape index (κ3) is 3.88. The molecule has 0 radical (unpaired) electrons. The second kappa shape index (κ2) is 7.94.